The van der Waals surface area contributed by atoms with E-state index in [0.717, 1.165) is 6.42 Å². The molecule has 3 N–H and O–H groups in total. The number of piperidine rings is 1. The average Bonchev–Trinajstić information content (AvgIpc) is 2.98. The Morgan fingerprint density at radius 3 is 3.05 bits per heavy atom. The van der Waals surface area contributed by atoms with Gasteiger partial charge in [0.15, 0.2) is 5.82 Å². The molecule has 3 rings (SSSR count). The van der Waals surface area contributed by atoms with Crippen molar-refractivity contribution >= 4 is 5.97 Å². The van der Waals surface area contributed by atoms with Gasteiger partial charge in [-0.2, -0.15) is 5.21 Å². The van der Waals surface area contributed by atoms with Crippen LogP contribution < -0.4 is 5.32 Å². The Morgan fingerprint density at radius 2 is 2.33 bits per heavy atom. The Morgan fingerprint density at radius 1 is 1.48 bits per heavy atom. The standard InChI is InChI=1S/C13H20FN5O2/c14-13(4-2-11-16-18-19-17-11)3-1-8-7-15-10(12(20)21)5-9(8)6-13/h8-10,15H,1-7H2,(H,20,21)(H,16,17,18,19)/t8-,9-,10-,13?/m0/s1. The number of H-pyrrole nitrogens is 1. The molecular formula is C13H20FN5O2. The maximum absolute atomic E-state index is 15.0. The number of aryl methyl sites for hydroxylation is 1. The minimum atomic E-state index is -1.23. The smallest absolute Gasteiger partial charge is 0.320 e. The first-order chi connectivity index (χ1) is 10.1. The molecule has 1 saturated carbocycles. The Hall–Kier alpha value is -1.57. The summed E-state index contributed by atoms with van der Waals surface area (Å²) < 4.78 is 15.0. The van der Waals surface area contributed by atoms with Crippen molar-refractivity contribution in [2.75, 3.05) is 6.54 Å². The zero-order chi connectivity index (χ0) is 14.9. The van der Waals surface area contributed by atoms with E-state index in [9.17, 15) is 4.79 Å². The Labute approximate surface area is 121 Å². The van der Waals surface area contributed by atoms with Crippen LogP contribution >= 0.6 is 0 Å². The van der Waals surface area contributed by atoms with E-state index in [-0.39, 0.29) is 5.92 Å². The number of alkyl halides is 1. The number of fused-ring (bicyclic) bond motifs is 1. The van der Waals surface area contributed by atoms with Crippen molar-refractivity contribution < 1.29 is 14.3 Å². The molecule has 1 aliphatic carbocycles. The molecule has 2 aliphatic rings. The molecular weight excluding hydrogens is 277 g/mol. The van der Waals surface area contributed by atoms with E-state index in [1.165, 1.54) is 0 Å². The van der Waals surface area contributed by atoms with Gasteiger partial charge in [-0.15, -0.1) is 10.2 Å². The Bertz CT molecular complexity index is 497. The third-order valence-electron chi connectivity index (χ3n) is 4.91. The predicted molar refractivity (Wildman–Crippen MR) is 71.2 cm³/mol. The van der Waals surface area contributed by atoms with Crippen molar-refractivity contribution in [1.29, 1.82) is 0 Å². The lowest BCUT2D eigenvalue weighted by Gasteiger charge is -2.44. The topological polar surface area (TPSA) is 104 Å². The molecule has 21 heavy (non-hydrogen) atoms. The average molecular weight is 297 g/mol. The fourth-order valence-corrected chi connectivity index (χ4v) is 3.68. The summed E-state index contributed by atoms with van der Waals surface area (Å²) in [6.07, 6.45) is 3.15. The molecule has 0 radical (unpaired) electrons. The van der Waals surface area contributed by atoms with Crippen LogP contribution in [-0.4, -0.2) is 50.0 Å². The molecule has 116 valence electrons. The van der Waals surface area contributed by atoms with Gasteiger partial charge < -0.3 is 10.4 Å². The summed E-state index contributed by atoms with van der Waals surface area (Å²) >= 11 is 0. The largest absolute Gasteiger partial charge is 0.480 e. The van der Waals surface area contributed by atoms with Crippen LogP contribution in [0.3, 0.4) is 0 Å². The first-order valence-corrected chi connectivity index (χ1v) is 7.43. The number of nitrogens with zero attached hydrogens (tertiary/aromatic N) is 3. The third kappa shape index (κ3) is 3.20. The van der Waals surface area contributed by atoms with Crippen molar-refractivity contribution in [3.05, 3.63) is 5.82 Å². The fraction of sp³-hybridized carbons (Fsp3) is 0.846. The molecule has 0 aromatic carbocycles. The van der Waals surface area contributed by atoms with E-state index in [2.05, 4.69) is 25.9 Å². The van der Waals surface area contributed by atoms with E-state index < -0.39 is 17.7 Å². The van der Waals surface area contributed by atoms with Gasteiger partial charge in [0.25, 0.3) is 0 Å². The highest BCUT2D eigenvalue weighted by molar-refractivity contribution is 5.73. The summed E-state index contributed by atoms with van der Waals surface area (Å²) in [5, 5.41) is 25.7. The summed E-state index contributed by atoms with van der Waals surface area (Å²) in [5.41, 5.74) is -1.23. The maximum atomic E-state index is 15.0. The number of tetrazole rings is 1. The number of hydrogen-bond donors (Lipinski definition) is 3. The number of hydrogen-bond acceptors (Lipinski definition) is 5. The molecule has 4 atom stereocenters. The summed E-state index contributed by atoms with van der Waals surface area (Å²) in [4.78, 5) is 11.1. The quantitative estimate of drug-likeness (QED) is 0.756. The van der Waals surface area contributed by atoms with Gasteiger partial charge in [-0.3, -0.25) is 4.79 Å². The highest BCUT2D eigenvalue weighted by Gasteiger charge is 2.44. The molecule has 1 aliphatic heterocycles. The SMILES string of the molecule is O=C(O)[C@@H]1C[C@H]2CC(F)(CCc3nn[nH]n3)CC[C@H]2CN1. The minimum Gasteiger partial charge on any atom is -0.480 e. The predicted octanol–water partition coefficient (Wildman–Crippen LogP) is 0.703. The Kier molecular flexibility index (Phi) is 3.88. The summed E-state index contributed by atoms with van der Waals surface area (Å²) in [5.74, 6) is 0.240. The van der Waals surface area contributed by atoms with Crippen molar-refractivity contribution in [3.8, 4) is 0 Å². The minimum absolute atomic E-state index is 0.149. The molecule has 1 saturated heterocycles. The monoisotopic (exact) mass is 297 g/mol. The summed E-state index contributed by atoms with van der Waals surface area (Å²) in [7, 11) is 0. The van der Waals surface area contributed by atoms with Crippen LogP contribution in [0.4, 0.5) is 4.39 Å². The van der Waals surface area contributed by atoms with Gasteiger partial charge in [0.2, 0.25) is 0 Å². The Balaban J connectivity index is 1.59. The number of carboxylic acids is 1. The zero-order valence-corrected chi connectivity index (χ0v) is 11.8. The van der Waals surface area contributed by atoms with Crippen LogP contribution in [0.2, 0.25) is 0 Å². The van der Waals surface area contributed by atoms with Gasteiger partial charge in [0.05, 0.1) is 0 Å². The highest BCUT2D eigenvalue weighted by Crippen LogP contribution is 2.44. The molecule has 1 aromatic rings. The third-order valence-corrected chi connectivity index (χ3v) is 4.91. The second-order valence-electron chi connectivity index (χ2n) is 6.28. The van der Waals surface area contributed by atoms with Gasteiger partial charge in [-0.05, 0) is 50.5 Å². The molecule has 0 bridgehead atoms. The van der Waals surface area contributed by atoms with Crippen LogP contribution in [0.15, 0.2) is 0 Å². The first-order valence-electron chi connectivity index (χ1n) is 7.43. The lowest BCUT2D eigenvalue weighted by Crippen LogP contribution is -2.51. The molecule has 2 heterocycles. The van der Waals surface area contributed by atoms with Crippen LogP contribution in [0.25, 0.3) is 0 Å². The number of aromatic nitrogens is 4. The number of rotatable bonds is 4. The fourth-order valence-electron chi connectivity index (χ4n) is 3.68. The second kappa shape index (κ2) is 5.67. The van der Waals surface area contributed by atoms with Crippen LogP contribution in [-0.2, 0) is 11.2 Å². The van der Waals surface area contributed by atoms with E-state index in [0.29, 0.717) is 50.4 Å². The lowest BCUT2D eigenvalue weighted by atomic mass is 9.67. The number of nitrogens with one attached hydrogen (secondary N) is 2. The normalized spacial score (nSPS) is 36.1. The maximum Gasteiger partial charge on any atom is 0.320 e. The summed E-state index contributed by atoms with van der Waals surface area (Å²) in [6, 6.07) is -0.536. The van der Waals surface area contributed by atoms with E-state index in [4.69, 9.17) is 5.11 Å². The number of carboxylic acid groups (broad SMARTS) is 1. The number of aromatic amines is 1. The summed E-state index contributed by atoms with van der Waals surface area (Å²) in [6.45, 7) is 0.683. The van der Waals surface area contributed by atoms with Crippen LogP contribution in [0.1, 0.15) is 37.9 Å². The molecule has 7 nitrogen and oxygen atoms in total. The van der Waals surface area contributed by atoms with Crippen molar-refractivity contribution in [1.82, 2.24) is 25.9 Å². The zero-order valence-electron chi connectivity index (χ0n) is 11.8. The number of aliphatic carboxylic acids is 1. The number of carbonyl (C=O) groups is 1. The van der Waals surface area contributed by atoms with Crippen LogP contribution in [0, 0.1) is 11.8 Å². The molecule has 1 aromatic heterocycles. The van der Waals surface area contributed by atoms with Gasteiger partial charge >= 0.3 is 5.97 Å². The van der Waals surface area contributed by atoms with Gasteiger partial charge in [0, 0.05) is 6.42 Å². The van der Waals surface area contributed by atoms with E-state index in [1.54, 1.807) is 0 Å². The van der Waals surface area contributed by atoms with Crippen molar-refractivity contribution in [3.63, 3.8) is 0 Å². The van der Waals surface area contributed by atoms with E-state index in [1.807, 2.05) is 0 Å². The molecule has 0 amide bonds. The number of halogens is 1. The second-order valence-corrected chi connectivity index (χ2v) is 6.28. The van der Waals surface area contributed by atoms with Gasteiger partial charge in [-0.1, -0.05) is 5.21 Å². The lowest BCUT2D eigenvalue weighted by molar-refractivity contribution is -0.141. The molecule has 2 fully saturated rings. The molecule has 0 spiro atoms. The molecule has 8 heteroatoms. The van der Waals surface area contributed by atoms with Crippen molar-refractivity contribution in [2.45, 2.75) is 50.2 Å². The van der Waals surface area contributed by atoms with Crippen molar-refractivity contribution in [2.24, 2.45) is 11.8 Å². The first kappa shape index (κ1) is 14.4. The highest BCUT2D eigenvalue weighted by atomic mass is 19.1. The van der Waals surface area contributed by atoms with Gasteiger partial charge in [0.1, 0.15) is 11.7 Å². The van der Waals surface area contributed by atoms with E-state index >= 15 is 4.39 Å². The molecule has 1 unspecified atom stereocenters. The van der Waals surface area contributed by atoms with Crippen LogP contribution in [0.5, 0.6) is 0 Å². The van der Waals surface area contributed by atoms with Gasteiger partial charge in [-0.25, -0.2) is 4.39 Å².